The molecule has 0 saturated heterocycles. The number of aryl methyl sites for hydroxylation is 1. The minimum Gasteiger partial charge on any atom is -0.383 e. The Morgan fingerprint density at radius 2 is 1.95 bits per heavy atom. The lowest BCUT2D eigenvalue weighted by atomic mass is 10.1. The average Bonchev–Trinajstić information content (AvgIpc) is 2.27. The first-order valence-electron chi connectivity index (χ1n) is 6.15. The first-order chi connectivity index (χ1) is 8.69. The Morgan fingerprint density at radius 3 is 2.47 bits per heavy atom. The third-order valence-electron chi connectivity index (χ3n) is 3.00. The van der Waals surface area contributed by atoms with Gasteiger partial charge in [-0.15, -0.1) is 0 Å². The number of hydrogen-bond donors (Lipinski definition) is 1. The highest BCUT2D eigenvalue weighted by Crippen LogP contribution is 2.19. The molecule has 5 heteroatoms. The minimum absolute atomic E-state index is 0.0509. The SMILES string of the molecule is Cc1cccc(NCCS(=O)(=O)C(C)(C)C)c1C#N. The molecule has 104 valence electrons. The molecule has 0 spiro atoms. The van der Waals surface area contributed by atoms with Crippen LogP contribution in [-0.2, 0) is 9.84 Å². The van der Waals surface area contributed by atoms with Gasteiger partial charge in [-0.2, -0.15) is 5.26 Å². The Bertz CT molecular complexity index is 593. The molecule has 0 fully saturated rings. The molecule has 0 aromatic heterocycles. The second-order valence-corrected chi connectivity index (χ2v) is 8.33. The molecule has 0 atom stereocenters. The van der Waals surface area contributed by atoms with Gasteiger partial charge in [-0.3, -0.25) is 0 Å². The molecule has 1 rings (SSSR count). The van der Waals surface area contributed by atoms with E-state index in [0.29, 0.717) is 17.8 Å². The van der Waals surface area contributed by atoms with Crippen molar-refractivity contribution in [1.82, 2.24) is 0 Å². The fourth-order valence-corrected chi connectivity index (χ4v) is 2.57. The summed E-state index contributed by atoms with van der Waals surface area (Å²) >= 11 is 0. The van der Waals surface area contributed by atoms with E-state index in [0.717, 1.165) is 5.56 Å². The van der Waals surface area contributed by atoms with Gasteiger partial charge in [0.1, 0.15) is 6.07 Å². The van der Waals surface area contributed by atoms with Gasteiger partial charge in [0.05, 0.1) is 21.8 Å². The maximum Gasteiger partial charge on any atom is 0.156 e. The zero-order valence-corrected chi connectivity index (χ0v) is 12.6. The van der Waals surface area contributed by atoms with Gasteiger partial charge in [0.15, 0.2) is 9.84 Å². The number of sulfone groups is 1. The number of nitrogens with one attached hydrogen (secondary N) is 1. The molecule has 1 N–H and O–H groups in total. The zero-order valence-electron chi connectivity index (χ0n) is 11.8. The maximum absolute atomic E-state index is 12.0. The van der Waals surface area contributed by atoms with Crippen molar-refractivity contribution in [2.24, 2.45) is 0 Å². The van der Waals surface area contributed by atoms with Crippen molar-refractivity contribution in [2.75, 3.05) is 17.6 Å². The molecule has 4 nitrogen and oxygen atoms in total. The molecular weight excluding hydrogens is 260 g/mol. The molecule has 0 amide bonds. The predicted octanol–water partition coefficient (Wildman–Crippen LogP) is 2.49. The summed E-state index contributed by atoms with van der Waals surface area (Å²) in [7, 11) is -3.14. The number of hydrogen-bond acceptors (Lipinski definition) is 4. The number of nitriles is 1. The van der Waals surface area contributed by atoms with Crippen molar-refractivity contribution in [2.45, 2.75) is 32.4 Å². The monoisotopic (exact) mass is 280 g/mol. The van der Waals surface area contributed by atoms with Crippen LogP contribution in [0.25, 0.3) is 0 Å². The topological polar surface area (TPSA) is 70.0 Å². The molecule has 0 radical (unpaired) electrons. The standard InChI is InChI=1S/C14H20N2O2S/c1-11-6-5-7-13(12(11)10-15)16-8-9-19(17,18)14(2,3)4/h5-7,16H,8-9H2,1-4H3. The van der Waals surface area contributed by atoms with E-state index in [-0.39, 0.29) is 5.75 Å². The molecule has 0 heterocycles. The molecule has 0 aliphatic rings. The number of nitrogens with zero attached hydrogens (tertiary/aromatic N) is 1. The first-order valence-corrected chi connectivity index (χ1v) is 7.80. The number of anilines is 1. The van der Waals surface area contributed by atoms with Crippen LogP contribution in [-0.4, -0.2) is 25.5 Å². The minimum atomic E-state index is -3.14. The first kappa shape index (κ1) is 15.5. The highest BCUT2D eigenvalue weighted by atomic mass is 32.2. The molecule has 1 aromatic carbocycles. The van der Waals surface area contributed by atoms with Gasteiger partial charge in [0.2, 0.25) is 0 Å². The van der Waals surface area contributed by atoms with Crippen LogP contribution in [0.5, 0.6) is 0 Å². The zero-order chi connectivity index (χ0) is 14.7. The summed E-state index contributed by atoms with van der Waals surface area (Å²) in [6.45, 7) is 7.23. The molecule has 0 saturated carbocycles. The van der Waals surface area contributed by atoms with Gasteiger partial charge in [-0.25, -0.2) is 8.42 Å². The Kier molecular flexibility index (Phi) is 4.59. The van der Waals surface area contributed by atoms with Crippen LogP contribution < -0.4 is 5.32 Å². The average molecular weight is 280 g/mol. The van der Waals surface area contributed by atoms with Crippen LogP contribution in [0, 0.1) is 18.3 Å². The van der Waals surface area contributed by atoms with Gasteiger partial charge in [0, 0.05) is 6.54 Å². The fourth-order valence-electron chi connectivity index (χ4n) is 1.59. The van der Waals surface area contributed by atoms with E-state index >= 15 is 0 Å². The summed E-state index contributed by atoms with van der Waals surface area (Å²) in [5.74, 6) is 0.0509. The molecule has 0 unspecified atom stereocenters. The van der Waals surface area contributed by atoms with Crippen molar-refractivity contribution in [3.05, 3.63) is 29.3 Å². The van der Waals surface area contributed by atoms with Crippen LogP contribution in [0.3, 0.4) is 0 Å². The Morgan fingerprint density at radius 1 is 1.32 bits per heavy atom. The number of rotatable bonds is 4. The Labute approximate surface area is 115 Å². The normalized spacial score (nSPS) is 11.9. The third-order valence-corrected chi connectivity index (χ3v) is 5.61. The molecule has 0 aliphatic carbocycles. The summed E-state index contributed by atoms with van der Waals surface area (Å²) < 4.78 is 23.2. The Balaban J connectivity index is 2.76. The number of benzene rings is 1. The maximum atomic E-state index is 12.0. The summed E-state index contributed by atoms with van der Waals surface area (Å²) in [6, 6.07) is 7.62. The van der Waals surface area contributed by atoms with E-state index < -0.39 is 14.6 Å². The van der Waals surface area contributed by atoms with Gasteiger partial charge >= 0.3 is 0 Å². The quantitative estimate of drug-likeness (QED) is 0.920. The summed E-state index contributed by atoms with van der Waals surface area (Å²) in [6.07, 6.45) is 0. The molecule has 1 aromatic rings. The lowest BCUT2D eigenvalue weighted by molar-refractivity contribution is 0.560. The molecule has 19 heavy (non-hydrogen) atoms. The predicted molar refractivity (Wildman–Crippen MR) is 77.9 cm³/mol. The lowest BCUT2D eigenvalue weighted by Crippen LogP contribution is -2.32. The van der Waals surface area contributed by atoms with Crippen LogP contribution >= 0.6 is 0 Å². The van der Waals surface area contributed by atoms with Crippen LogP contribution in [0.15, 0.2) is 18.2 Å². The Hall–Kier alpha value is -1.54. The molecular formula is C14H20N2O2S. The summed E-state index contributed by atoms with van der Waals surface area (Å²) in [5.41, 5.74) is 2.13. The van der Waals surface area contributed by atoms with Crippen molar-refractivity contribution in [1.29, 1.82) is 5.26 Å². The van der Waals surface area contributed by atoms with Crippen molar-refractivity contribution in [3.63, 3.8) is 0 Å². The van der Waals surface area contributed by atoms with E-state index in [4.69, 9.17) is 5.26 Å². The van der Waals surface area contributed by atoms with Crippen LogP contribution in [0.4, 0.5) is 5.69 Å². The summed E-state index contributed by atoms with van der Waals surface area (Å²) in [4.78, 5) is 0. The smallest absolute Gasteiger partial charge is 0.156 e. The largest absolute Gasteiger partial charge is 0.383 e. The second-order valence-electron chi connectivity index (χ2n) is 5.47. The van der Waals surface area contributed by atoms with E-state index in [1.807, 2.05) is 19.1 Å². The fraction of sp³-hybridized carbons (Fsp3) is 0.500. The molecule has 0 aliphatic heterocycles. The van der Waals surface area contributed by atoms with Crippen molar-refractivity contribution >= 4 is 15.5 Å². The summed E-state index contributed by atoms with van der Waals surface area (Å²) in [5, 5.41) is 12.1. The highest BCUT2D eigenvalue weighted by Gasteiger charge is 2.28. The van der Waals surface area contributed by atoms with E-state index in [2.05, 4.69) is 11.4 Å². The second kappa shape index (κ2) is 5.62. The van der Waals surface area contributed by atoms with Gasteiger partial charge in [0.25, 0.3) is 0 Å². The molecule has 0 bridgehead atoms. The third kappa shape index (κ3) is 3.71. The van der Waals surface area contributed by atoms with Crippen LogP contribution in [0.1, 0.15) is 31.9 Å². The van der Waals surface area contributed by atoms with Gasteiger partial charge in [-0.1, -0.05) is 12.1 Å². The van der Waals surface area contributed by atoms with Gasteiger partial charge in [-0.05, 0) is 39.3 Å². The van der Waals surface area contributed by atoms with E-state index in [9.17, 15) is 8.42 Å². The van der Waals surface area contributed by atoms with E-state index in [1.54, 1.807) is 26.8 Å². The lowest BCUT2D eigenvalue weighted by Gasteiger charge is -2.19. The van der Waals surface area contributed by atoms with Crippen LogP contribution in [0.2, 0.25) is 0 Å². The highest BCUT2D eigenvalue weighted by molar-refractivity contribution is 7.92. The van der Waals surface area contributed by atoms with E-state index in [1.165, 1.54) is 0 Å². The van der Waals surface area contributed by atoms with Crippen molar-refractivity contribution < 1.29 is 8.42 Å². The van der Waals surface area contributed by atoms with Gasteiger partial charge < -0.3 is 5.32 Å². The van der Waals surface area contributed by atoms with Crippen molar-refractivity contribution in [3.8, 4) is 6.07 Å².